The molecule has 0 bridgehead atoms. The maximum Gasteiger partial charge on any atom is 0.402 e. The van der Waals surface area contributed by atoms with Gasteiger partial charge in [0.2, 0.25) is 10.0 Å². The Hall–Kier alpha value is -1.56. The zero-order valence-electron chi connectivity index (χ0n) is 9.66. The molecule has 0 heterocycles. The van der Waals surface area contributed by atoms with Crippen LogP contribution < -0.4 is 10.5 Å². The van der Waals surface area contributed by atoms with Crippen LogP contribution in [0.15, 0.2) is 29.2 Å². The first-order valence-corrected chi connectivity index (χ1v) is 6.58. The highest BCUT2D eigenvalue weighted by molar-refractivity contribution is 7.89. The molecule has 0 saturated carbocycles. The first kappa shape index (κ1) is 15.5. The number of halogens is 3. The van der Waals surface area contributed by atoms with Gasteiger partial charge in [-0.1, -0.05) is 11.8 Å². The fourth-order valence-electron chi connectivity index (χ4n) is 1.13. The van der Waals surface area contributed by atoms with Crippen LogP contribution in [-0.2, 0) is 10.0 Å². The van der Waals surface area contributed by atoms with E-state index >= 15 is 0 Å². The van der Waals surface area contributed by atoms with E-state index in [0.717, 1.165) is 0 Å². The molecule has 0 unspecified atom stereocenters. The van der Waals surface area contributed by atoms with Crippen LogP contribution in [0, 0.1) is 11.8 Å². The van der Waals surface area contributed by atoms with Crippen molar-refractivity contribution in [2.45, 2.75) is 11.1 Å². The van der Waals surface area contributed by atoms with E-state index in [1.165, 1.54) is 29.0 Å². The Bertz CT molecular complexity index is 583. The van der Waals surface area contributed by atoms with Crippen LogP contribution >= 0.6 is 0 Å². The third-order valence-corrected chi connectivity index (χ3v) is 3.38. The Morgan fingerprint density at radius 2 is 1.79 bits per heavy atom. The number of hydrogen-bond acceptors (Lipinski definition) is 3. The zero-order chi connectivity index (χ0) is 14.5. The molecule has 19 heavy (non-hydrogen) atoms. The molecule has 104 valence electrons. The van der Waals surface area contributed by atoms with E-state index in [-0.39, 0.29) is 11.4 Å². The average Bonchev–Trinajstić information content (AvgIpc) is 2.34. The van der Waals surface area contributed by atoms with E-state index in [1.54, 1.807) is 0 Å². The van der Waals surface area contributed by atoms with E-state index in [9.17, 15) is 21.6 Å². The normalized spacial score (nSPS) is 11.8. The van der Waals surface area contributed by atoms with Gasteiger partial charge in [0.15, 0.2) is 0 Å². The van der Waals surface area contributed by atoms with Gasteiger partial charge in [0, 0.05) is 5.56 Å². The van der Waals surface area contributed by atoms with Crippen LogP contribution in [0.2, 0.25) is 0 Å². The topological polar surface area (TPSA) is 72.2 Å². The quantitative estimate of drug-likeness (QED) is 0.811. The van der Waals surface area contributed by atoms with Crippen molar-refractivity contribution in [1.29, 1.82) is 0 Å². The summed E-state index contributed by atoms with van der Waals surface area (Å²) < 4.78 is 60.4. The van der Waals surface area contributed by atoms with E-state index in [1.807, 2.05) is 0 Å². The summed E-state index contributed by atoms with van der Waals surface area (Å²) in [6.07, 6.45) is -4.60. The lowest BCUT2D eigenvalue weighted by molar-refractivity contribution is -0.121. The summed E-state index contributed by atoms with van der Waals surface area (Å²) in [6, 6.07) is 5.15. The predicted octanol–water partition coefficient (Wildman–Crippen LogP) is 0.837. The van der Waals surface area contributed by atoms with E-state index < -0.39 is 22.7 Å². The summed E-state index contributed by atoms with van der Waals surface area (Å²) in [6.45, 7) is -1.45. The fourth-order valence-corrected chi connectivity index (χ4v) is 2.15. The lowest BCUT2D eigenvalue weighted by Gasteiger charge is -2.09. The van der Waals surface area contributed by atoms with Crippen LogP contribution in [0.3, 0.4) is 0 Å². The highest BCUT2D eigenvalue weighted by atomic mass is 32.2. The molecule has 0 amide bonds. The minimum Gasteiger partial charge on any atom is -0.320 e. The molecule has 0 aliphatic heterocycles. The molecule has 8 heteroatoms. The van der Waals surface area contributed by atoms with Gasteiger partial charge in [0.1, 0.15) is 6.54 Å². The molecule has 1 aromatic rings. The Morgan fingerprint density at radius 3 is 2.26 bits per heavy atom. The van der Waals surface area contributed by atoms with Crippen LogP contribution in [0.4, 0.5) is 13.2 Å². The third-order valence-electron chi connectivity index (χ3n) is 1.96. The summed E-state index contributed by atoms with van der Waals surface area (Å²) >= 11 is 0. The lowest BCUT2D eigenvalue weighted by Crippen LogP contribution is -2.33. The number of benzene rings is 1. The maximum atomic E-state index is 11.9. The second kappa shape index (κ2) is 6.06. The predicted molar refractivity (Wildman–Crippen MR) is 63.6 cm³/mol. The van der Waals surface area contributed by atoms with E-state index in [4.69, 9.17) is 5.73 Å². The Balaban J connectivity index is 2.85. The molecule has 0 saturated heterocycles. The van der Waals surface area contributed by atoms with Crippen LogP contribution in [0.1, 0.15) is 5.56 Å². The van der Waals surface area contributed by atoms with Crippen molar-refractivity contribution in [3.05, 3.63) is 29.8 Å². The lowest BCUT2D eigenvalue weighted by atomic mass is 10.2. The van der Waals surface area contributed by atoms with E-state index in [2.05, 4.69) is 11.8 Å². The van der Waals surface area contributed by atoms with Crippen molar-refractivity contribution >= 4 is 10.0 Å². The van der Waals surface area contributed by atoms with Gasteiger partial charge in [-0.3, -0.25) is 0 Å². The number of nitrogens with two attached hydrogens (primary N) is 1. The summed E-state index contributed by atoms with van der Waals surface area (Å²) in [7, 11) is -4.17. The minimum atomic E-state index is -4.60. The first-order valence-electron chi connectivity index (χ1n) is 5.10. The van der Waals surface area contributed by atoms with Gasteiger partial charge in [-0.05, 0) is 24.3 Å². The number of rotatable bonds is 3. The van der Waals surface area contributed by atoms with Gasteiger partial charge in [-0.15, -0.1) is 0 Å². The van der Waals surface area contributed by atoms with Crippen LogP contribution in [0.5, 0.6) is 0 Å². The Kier molecular flexibility index (Phi) is 4.94. The molecule has 0 aromatic heterocycles. The van der Waals surface area contributed by atoms with Crippen molar-refractivity contribution < 1.29 is 21.6 Å². The number of alkyl halides is 3. The molecule has 0 radical (unpaired) electrons. The molecule has 0 spiro atoms. The molecule has 0 aliphatic carbocycles. The molecule has 3 N–H and O–H groups in total. The molecular formula is C11H11F3N2O2S. The van der Waals surface area contributed by atoms with Gasteiger partial charge in [-0.25, -0.2) is 13.1 Å². The smallest absolute Gasteiger partial charge is 0.320 e. The van der Waals surface area contributed by atoms with Crippen LogP contribution in [0.25, 0.3) is 0 Å². The molecule has 0 aliphatic rings. The van der Waals surface area contributed by atoms with Crippen molar-refractivity contribution in [3.63, 3.8) is 0 Å². The molecule has 0 fully saturated rings. The van der Waals surface area contributed by atoms with Crippen molar-refractivity contribution in [2.24, 2.45) is 5.73 Å². The van der Waals surface area contributed by atoms with Crippen molar-refractivity contribution in [2.75, 3.05) is 13.1 Å². The standard InChI is InChI=1S/C11H11F3N2O2S/c12-11(13,14)8-16-19(17,18)10-5-3-9(4-6-10)2-1-7-15/h3-6,16H,7-8,15H2. The van der Waals surface area contributed by atoms with Gasteiger partial charge in [-0.2, -0.15) is 13.2 Å². The van der Waals surface area contributed by atoms with Gasteiger partial charge < -0.3 is 5.73 Å². The second-order valence-electron chi connectivity index (χ2n) is 3.47. The van der Waals surface area contributed by atoms with Gasteiger partial charge in [0.25, 0.3) is 0 Å². The Labute approximate surface area is 108 Å². The largest absolute Gasteiger partial charge is 0.402 e. The highest BCUT2D eigenvalue weighted by Crippen LogP contribution is 2.15. The minimum absolute atomic E-state index is 0.160. The molecule has 0 atom stereocenters. The summed E-state index contributed by atoms with van der Waals surface area (Å²) in [4.78, 5) is -0.255. The second-order valence-corrected chi connectivity index (χ2v) is 5.24. The fraction of sp³-hybridized carbons (Fsp3) is 0.273. The maximum absolute atomic E-state index is 11.9. The third kappa shape index (κ3) is 5.30. The summed E-state index contributed by atoms with van der Waals surface area (Å²) in [5.74, 6) is 5.24. The monoisotopic (exact) mass is 292 g/mol. The number of sulfonamides is 1. The zero-order valence-corrected chi connectivity index (χ0v) is 10.5. The van der Waals surface area contributed by atoms with Crippen molar-refractivity contribution in [1.82, 2.24) is 4.72 Å². The Morgan fingerprint density at radius 1 is 1.21 bits per heavy atom. The SMILES string of the molecule is NCC#Cc1ccc(S(=O)(=O)NCC(F)(F)F)cc1. The molecular weight excluding hydrogens is 281 g/mol. The van der Waals surface area contributed by atoms with Crippen molar-refractivity contribution in [3.8, 4) is 11.8 Å². The van der Waals surface area contributed by atoms with E-state index in [0.29, 0.717) is 5.56 Å². The van der Waals surface area contributed by atoms with Gasteiger partial charge >= 0.3 is 6.18 Å². The number of nitrogens with one attached hydrogen (secondary N) is 1. The summed E-state index contributed by atoms with van der Waals surface area (Å²) in [5, 5.41) is 0. The summed E-state index contributed by atoms with van der Waals surface area (Å²) in [5.41, 5.74) is 5.70. The highest BCUT2D eigenvalue weighted by Gasteiger charge is 2.29. The average molecular weight is 292 g/mol. The molecule has 4 nitrogen and oxygen atoms in total. The first-order chi connectivity index (χ1) is 8.74. The molecule has 1 aromatic carbocycles. The molecule has 1 rings (SSSR count). The van der Waals surface area contributed by atoms with Crippen LogP contribution in [-0.4, -0.2) is 27.7 Å². The van der Waals surface area contributed by atoms with Gasteiger partial charge in [0.05, 0.1) is 11.4 Å². The number of hydrogen-bond donors (Lipinski definition) is 2.